The van der Waals surface area contributed by atoms with Gasteiger partial charge in [0.2, 0.25) is 0 Å². The van der Waals surface area contributed by atoms with Crippen LogP contribution in [0.4, 0.5) is 4.39 Å². The Labute approximate surface area is 134 Å². The van der Waals surface area contributed by atoms with Crippen molar-refractivity contribution in [3.63, 3.8) is 0 Å². The minimum atomic E-state index is -0.225. The average Bonchev–Trinajstić information content (AvgIpc) is 2.39. The molecule has 0 fully saturated rings. The van der Waals surface area contributed by atoms with Crippen LogP contribution in [-0.2, 0) is 6.42 Å². The molecule has 1 atom stereocenters. The van der Waals surface area contributed by atoms with Crippen LogP contribution >= 0.6 is 43.5 Å². The molecular weight excluding hydrogens is 394 g/mol. The molecule has 0 aliphatic carbocycles. The Morgan fingerprint density at radius 2 is 1.79 bits per heavy atom. The number of rotatable bonds is 4. The van der Waals surface area contributed by atoms with Crippen molar-refractivity contribution in [3.05, 3.63) is 68.9 Å². The van der Waals surface area contributed by atoms with E-state index < -0.39 is 0 Å². The summed E-state index contributed by atoms with van der Waals surface area (Å²) in [6, 6.07) is 12.7. The Bertz CT molecular complexity index is 555. The third-order valence-corrected chi connectivity index (χ3v) is 4.78. The van der Waals surface area contributed by atoms with E-state index in [9.17, 15) is 4.39 Å². The summed E-state index contributed by atoms with van der Waals surface area (Å²) in [4.78, 5) is 0. The van der Waals surface area contributed by atoms with Gasteiger partial charge in [-0.1, -0.05) is 61.7 Å². The predicted molar refractivity (Wildman–Crippen MR) is 85.8 cm³/mol. The molecule has 2 aromatic rings. The summed E-state index contributed by atoms with van der Waals surface area (Å²) in [6.45, 7) is 0. The maximum atomic E-state index is 13.1. The molecule has 0 spiro atoms. The van der Waals surface area contributed by atoms with Crippen molar-refractivity contribution in [1.29, 1.82) is 0 Å². The fourth-order valence-electron chi connectivity index (χ4n) is 1.95. The molecular formula is C15H12Br2ClF. The molecule has 0 bridgehead atoms. The monoisotopic (exact) mass is 404 g/mol. The first-order valence-corrected chi connectivity index (χ1v) is 8.14. The second kappa shape index (κ2) is 6.87. The van der Waals surface area contributed by atoms with E-state index >= 15 is 0 Å². The van der Waals surface area contributed by atoms with Crippen molar-refractivity contribution >= 4 is 43.5 Å². The summed E-state index contributed by atoms with van der Waals surface area (Å²) >= 11 is 12.9. The standard InChI is InChI=1S/C15H12Br2ClF/c16-9-12(10-1-4-13(18)5-2-10)7-11-3-6-14(19)8-15(11)17/h1-6,8,12H,7,9H2. The van der Waals surface area contributed by atoms with Gasteiger partial charge in [0.1, 0.15) is 5.82 Å². The number of hydrogen-bond donors (Lipinski definition) is 0. The van der Waals surface area contributed by atoms with E-state index in [1.807, 2.05) is 30.3 Å². The van der Waals surface area contributed by atoms with Gasteiger partial charge >= 0.3 is 0 Å². The molecule has 0 aliphatic rings. The highest BCUT2D eigenvalue weighted by molar-refractivity contribution is 9.10. The van der Waals surface area contributed by atoms with Crippen LogP contribution in [0.3, 0.4) is 0 Å². The third-order valence-electron chi connectivity index (χ3n) is 3.01. The van der Waals surface area contributed by atoms with Crippen molar-refractivity contribution in [2.24, 2.45) is 0 Å². The quantitative estimate of drug-likeness (QED) is 0.550. The van der Waals surface area contributed by atoms with Gasteiger partial charge in [0, 0.05) is 14.8 Å². The zero-order chi connectivity index (χ0) is 13.8. The molecule has 2 aromatic carbocycles. The number of alkyl halides is 1. The fourth-order valence-corrected chi connectivity index (χ4v) is 3.19. The lowest BCUT2D eigenvalue weighted by molar-refractivity contribution is 0.625. The minimum absolute atomic E-state index is 0.225. The van der Waals surface area contributed by atoms with Crippen molar-refractivity contribution in [3.8, 4) is 0 Å². The molecule has 0 heterocycles. The van der Waals surface area contributed by atoms with E-state index in [0.717, 1.165) is 26.8 Å². The maximum Gasteiger partial charge on any atom is 0.124 e. The van der Waals surface area contributed by atoms with Crippen LogP contribution in [0, 0.1) is 5.82 Å². The lowest BCUT2D eigenvalue weighted by Gasteiger charge is -2.16. The molecule has 0 nitrogen and oxygen atoms in total. The van der Waals surface area contributed by atoms with E-state index in [4.69, 9.17) is 11.6 Å². The highest BCUT2D eigenvalue weighted by Gasteiger charge is 2.13. The second-order valence-corrected chi connectivity index (χ2v) is 6.28. The normalized spacial score (nSPS) is 12.4. The van der Waals surface area contributed by atoms with Crippen LogP contribution in [0.5, 0.6) is 0 Å². The molecule has 100 valence electrons. The molecule has 0 amide bonds. The van der Waals surface area contributed by atoms with E-state index in [2.05, 4.69) is 31.9 Å². The number of benzene rings is 2. The summed E-state index contributed by atoms with van der Waals surface area (Å²) in [5.74, 6) is 0.108. The van der Waals surface area contributed by atoms with Crippen LogP contribution in [0.25, 0.3) is 0 Å². The van der Waals surface area contributed by atoms with E-state index in [1.54, 1.807) is 0 Å². The van der Waals surface area contributed by atoms with Gasteiger partial charge in [0.05, 0.1) is 0 Å². The highest BCUT2D eigenvalue weighted by Crippen LogP contribution is 2.28. The van der Waals surface area contributed by atoms with Crippen LogP contribution < -0.4 is 0 Å². The zero-order valence-electron chi connectivity index (χ0n) is 10.0. The molecule has 0 saturated carbocycles. The van der Waals surface area contributed by atoms with Crippen LogP contribution in [0.15, 0.2) is 46.9 Å². The molecule has 0 N–H and O–H groups in total. The lowest BCUT2D eigenvalue weighted by atomic mass is 9.94. The number of hydrogen-bond acceptors (Lipinski definition) is 0. The summed E-state index contributed by atoms with van der Waals surface area (Å²) in [6.07, 6.45) is 0.841. The van der Waals surface area contributed by atoms with E-state index in [1.165, 1.54) is 17.7 Å². The van der Waals surface area contributed by atoms with Gasteiger partial charge < -0.3 is 0 Å². The Balaban J connectivity index is 2.21. The summed E-state index contributed by atoms with van der Waals surface area (Å²) < 4.78 is 13.9. The van der Waals surface area contributed by atoms with Gasteiger partial charge in [0.15, 0.2) is 0 Å². The van der Waals surface area contributed by atoms with E-state index in [0.29, 0.717) is 5.92 Å². The molecule has 19 heavy (non-hydrogen) atoms. The van der Waals surface area contributed by atoms with Crippen LogP contribution in [0.1, 0.15) is 17.0 Å². The van der Waals surface area contributed by atoms with Gasteiger partial charge in [-0.25, -0.2) is 4.39 Å². The first-order chi connectivity index (χ1) is 9.10. The molecule has 4 heteroatoms. The summed E-state index contributed by atoms with van der Waals surface area (Å²) in [5, 5.41) is 1.58. The molecule has 0 radical (unpaired) electrons. The molecule has 0 aliphatic heterocycles. The molecule has 2 rings (SSSR count). The average molecular weight is 407 g/mol. The predicted octanol–water partition coefficient (Wildman–Crippen LogP) is 5.96. The number of halogens is 4. The van der Waals surface area contributed by atoms with Gasteiger partial charge in [-0.05, 0) is 47.7 Å². The smallest absolute Gasteiger partial charge is 0.124 e. The summed E-state index contributed by atoms with van der Waals surface area (Å²) in [5.41, 5.74) is 2.32. The second-order valence-electron chi connectivity index (χ2n) is 4.34. The van der Waals surface area contributed by atoms with Crippen molar-refractivity contribution in [2.45, 2.75) is 12.3 Å². The topological polar surface area (TPSA) is 0 Å². The first-order valence-electron chi connectivity index (χ1n) is 5.85. The third kappa shape index (κ3) is 4.04. The fraction of sp³-hybridized carbons (Fsp3) is 0.200. The van der Waals surface area contributed by atoms with Crippen molar-refractivity contribution in [2.75, 3.05) is 5.33 Å². The first kappa shape index (κ1) is 15.0. The Kier molecular flexibility index (Phi) is 5.43. The minimum Gasteiger partial charge on any atom is -0.207 e. The van der Waals surface area contributed by atoms with Crippen LogP contribution in [0.2, 0.25) is 5.02 Å². The van der Waals surface area contributed by atoms with Crippen molar-refractivity contribution in [1.82, 2.24) is 0 Å². The summed E-state index contributed by atoms with van der Waals surface area (Å²) in [7, 11) is 0. The van der Waals surface area contributed by atoms with Crippen LogP contribution in [-0.4, -0.2) is 5.33 Å². The van der Waals surface area contributed by atoms with E-state index in [-0.39, 0.29) is 5.82 Å². The Hall–Kier alpha value is -0.380. The zero-order valence-corrected chi connectivity index (χ0v) is 14.0. The molecule has 1 unspecified atom stereocenters. The van der Waals surface area contributed by atoms with Gasteiger partial charge in [-0.15, -0.1) is 0 Å². The highest BCUT2D eigenvalue weighted by atomic mass is 79.9. The maximum absolute atomic E-state index is 13.1. The molecule has 0 saturated heterocycles. The Morgan fingerprint density at radius 1 is 1.11 bits per heavy atom. The van der Waals surface area contributed by atoms with Gasteiger partial charge in [-0.2, -0.15) is 0 Å². The van der Waals surface area contributed by atoms with Gasteiger partial charge in [0.25, 0.3) is 0 Å². The largest absolute Gasteiger partial charge is 0.207 e. The lowest BCUT2D eigenvalue weighted by Crippen LogP contribution is -2.05. The molecule has 0 aromatic heterocycles. The van der Waals surface area contributed by atoms with Crippen molar-refractivity contribution < 1.29 is 4.39 Å². The van der Waals surface area contributed by atoms with Gasteiger partial charge in [-0.3, -0.25) is 0 Å². The Morgan fingerprint density at radius 3 is 2.37 bits per heavy atom. The SMILES string of the molecule is Fc1ccc(CC(CBr)c2ccc(Cl)cc2)c(Br)c1.